The lowest BCUT2D eigenvalue weighted by atomic mass is 10.2. The molecule has 0 spiro atoms. The normalized spacial score (nSPS) is 12.5. The maximum atomic E-state index is 11.8. The number of carbonyl (C=O) groups is 2. The van der Waals surface area contributed by atoms with E-state index in [1.807, 2.05) is 0 Å². The van der Waals surface area contributed by atoms with E-state index in [0.29, 0.717) is 6.20 Å². The largest absolute Gasteiger partial charge is 0.478 e. The Balaban J connectivity index is 5.06. The van der Waals surface area contributed by atoms with Crippen LogP contribution in [0.25, 0.3) is 0 Å². The monoisotopic (exact) mass is 211 g/mol. The molecule has 0 radical (unpaired) electrons. The summed E-state index contributed by atoms with van der Waals surface area (Å²) in [6.07, 6.45) is -4.56. The van der Waals surface area contributed by atoms with Gasteiger partial charge in [-0.2, -0.15) is 13.2 Å². The molecular formula is C7H8F3NO3. The summed E-state index contributed by atoms with van der Waals surface area (Å²) in [6, 6.07) is 0. The van der Waals surface area contributed by atoms with Gasteiger partial charge >= 0.3 is 12.1 Å². The van der Waals surface area contributed by atoms with Gasteiger partial charge in [-0.25, -0.2) is 4.79 Å². The number of rotatable bonds is 3. The third-order valence-corrected chi connectivity index (χ3v) is 1.12. The number of halogens is 3. The highest BCUT2D eigenvalue weighted by Gasteiger charge is 2.43. The van der Waals surface area contributed by atoms with Crippen molar-refractivity contribution in [1.29, 1.82) is 0 Å². The summed E-state index contributed by atoms with van der Waals surface area (Å²) in [4.78, 5) is 21.9. The van der Waals surface area contributed by atoms with E-state index in [0.717, 1.165) is 4.90 Å². The number of ketones is 1. The van der Waals surface area contributed by atoms with Crippen LogP contribution in [0.1, 0.15) is 0 Å². The summed E-state index contributed by atoms with van der Waals surface area (Å²) in [7, 11) is 2.62. The molecule has 0 saturated heterocycles. The maximum Gasteiger partial charge on any atom is 0.455 e. The molecule has 0 saturated carbocycles. The van der Waals surface area contributed by atoms with Gasteiger partial charge in [-0.1, -0.05) is 0 Å². The average molecular weight is 211 g/mol. The first-order chi connectivity index (χ1) is 6.16. The van der Waals surface area contributed by atoms with Crippen LogP contribution < -0.4 is 0 Å². The fraction of sp³-hybridized carbons (Fsp3) is 0.429. The zero-order valence-electron chi connectivity index (χ0n) is 7.42. The molecule has 0 bridgehead atoms. The van der Waals surface area contributed by atoms with E-state index in [1.165, 1.54) is 14.1 Å². The first-order valence-corrected chi connectivity index (χ1v) is 3.39. The number of aliphatic carboxylic acids is 1. The maximum absolute atomic E-state index is 11.8. The van der Waals surface area contributed by atoms with Gasteiger partial charge in [0.2, 0.25) is 0 Å². The van der Waals surface area contributed by atoms with E-state index in [2.05, 4.69) is 0 Å². The van der Waals surface area contributed by atoms with Crippen molar-refractivity contribution < 1.29 is 27.9 Å². The first kappa shape index (κ1) is 12.5. The number of carboxylic acids is 1. The molecule has 0 aliphatic carbocycles. The Morgan fingerprint density at radius 3 is 1.93 bits per heavy atom. The molecule has 0 aromatic rings. The summed E-state index contributed by atoms with van der Waals surface area (Å²) in [5.74, 6) is -4.26. The minimum absolute atomic E-state index is 0.609. The molecule has 0 fully saturated rings. The number of carboxylic acid groups (broad SMARTS) is 1. The molecule has 0 atom stereocenters. The van der Waals surface area contributed by atoms with Crippen LogP contribution in [0.15, 0.2) is 11.8 Å². The van der Waals surface area contributed by atoms with Crippen LogP contribution in [0.5, 0.6) is 0 Å². The van der Waals surface area contributed by atoms with Gasteiger partial charge in [-0.05, 0) is 0 Å². The molecule has 0 unspecified atom stereocenters. The topological polar surface area (TPSA) is 57.6 Å². The van der Waals surface area contributed by atoms with Crippen LogP contribution in [0.3, 0.4) is 0 Å². The lowest BCUT2D eigenvalue weighted by Crippen LogP contribution is -2.29. The lowest BCUT2D eigenvalue weighted by Gasteiger charge is -2.09. The molecule has 80 valence electrons. The van der Waals surface area contributed by atoms with E-state index in [9.17, 15) is 22.8 Å². The van der Waals surface area contributed by atoms with Crippen LogP contribution >= 0.6 is 0 Å². The SMILES string of the molecule is CN(C)/C=C(\C(=O)O)C(=O)C(F)(F)F. The van der Waals surface area contributed by atoms with Crippen LogP contribution in [-0.4, -0.2) is 42.0 Å². The van der Waals surface area contributed by atoms with Gasteiger partial charge in [0.1, 0.15) is 5.57 Å². The number of alkyl halides is 3. The Labute approximate surface area is 77.6 Å². The Hall–Kier alpha value is -1.53. The summed E-state index contributed by atoms with van der Waals surface area (Å²) in [6.45, 7) is 0. The van der Waals surface area contributed by atoms with Crippen molar-refractivity contribution in [3.63, 3.8) is 0 Å². The Morgan fingerprint density at radius 1 is 1.29 bits per heavy atom. The summed E-state index contributed by atoms with van der Waals surface area (Å²) in [5, 5.41) is 8.34. The number of carbonyl (C=O) groups excluding carboxylic acids is 1. The second-order valence-electron chi connectivity index (χ2n) is 2.64. The number of hydrogen-bond donors (Lipinski definition) is 1. The fourth-order valence-corrected chi connectivity index (χ4v) is 0.622. The van der Waals surface area contributed by atoms with Gasteiger partial charge < -0.3 is 10.0 Å². The zero-order chi connectivity index (χ0) is 11.5. The van der Waals surface area contributed by atoms with Crippen molar-refractivity contribution in [2.75, 3.05) is 14.1 Å². The van der Waals surface area contributed by atoms with Crippen molar-refractivity contribution >= 4 is 11.8 Å². The van der Waals surface area contributed by atoms with Gasteiger partial charge in [0.25, 0.3) is 5.78 Å². The quantitative estimate of drug-likeness (QED) is 0.423. The molecule has 4 nitrogen and oxygen atoms in total. The third kappa shape index (κ3) is 3.46. The number of nitrogens with zero attached hydrogens (tertiary/aromatic N) is 1. The number of Topliss-reactive ketones (excluding diaryl/α,β-unsaturated/α-hetero) is 1. The molecular weight excluding hydrogens is 203 g/mol. The zero-order valence-corrected chi connectivity index (χ0v) is 7.42. The smallest absolute Gasteiger partial charge is 0.455 e. The number of hydrogen-bond acceptors (Lipinski definition) is 3. The van der Waals surface area contributed by atoms with Crippen molar-refractivity contribution in [2.45, 2.75) is 6.18 Å². The standard InChI is InChI=1S/C7H8F3NO3/c1-11(2)3-4(6(13)14)5(12)7(8,9)10/h3H,1-2H3,(H,13,14)/b4-3-. The molecule has 1 N–H and O–H groups in total. The summed E-state index contributed by atoms with van der Waals surface area (Å²) < 4.78 is 35.5. The van der Waals surface area contributed by atoms with E-state index in [1.54, 1.807) is 0 Å². The molecule has 0 aromatic carbocycles. The molecule has 0 aromatic heterocycles. The van der Waals surface area contributed by atoms with E-state index >= 15 is 0 Å². The first-order valence-electron chi connectivity index (χ1n) is 3.39. The second kappa shape index (κ2) is 4.12. The fourth-order valence-electron chi connectivity index (χ4n) is 0.622. The summed E-state index contributed by atoms with van der Waals surface area (Å²) >= 11 is 0. The van der Waals surface area contributed by atoms with Gasteiger partial charge in [0, 0.05) is 20.3 Å². The van der Waals surface area contributed by atoms with E-state index in [4.69, 9.17) is 5.11 Å². The van der Waals surface area contributed by atoms with Crippen molar-refractivity contribution in [2.24, 2.45) is 0 Å². The Morgan fingerprint density at radius 2 is 1.71 bits per heavy atom. The molecule has 0 aliphatic heterocycles. The van der Waals surface area contributed by atoms with Crippen molar-refractivity contribution in [3.05, 3.63) is 11.8 Å². The molecule has 0 aliphatic rings. The highest BCUT2D eigenvalue weighted by atomic mass is 19.4. The average Bonchev–Trinajstić information content (AvgIpc) is 1.96. The van der Waals surface area contributed by atoms with Crippen LogP contribution in [0, 0.1) is 0 Å². The Kier molecular flexibility index (Phi) is 3.67. The van der Waals surface area contributed by atoms with Gasteiger partial charge in [-0.15, -0.1) is 0 Å². The highest BCUT2D eigenvalue weighted by molar-refractivity contribution is 6.18. The predicted molar refractivity (Wildman–Crippen MR) is 40.5 cm³/mol. The highest BCUT2D eigenvalue weighted by Crippen LogP contribution is 2.20. The minimum atomic E-state index is -5.17. The molecule has 7 heteroatoms. The van der Waals surface area contributed by atoms with Crippen molar-refractivity contribution in [3.8, 4) is 0 Å². The third-order valence-electron chi connectivity index (χ3n) is 1.12. The molecule has 14 heavy (non-hydrogen) atoms. The Bertz CT molecular complexity index is 280. The molecule has 0 rings (SSSR count). The molecule has 0 amide bonds. The van der Waals surface area contributed by atoms with E-state index < -0.39 is 23.5 Å². The van der Waals surface area contributed by atoms with Crippen molar-refractivity contribution in [1.82, 2.24) is 4.90 Å². The molecule has 0 heterocycles. The van der Waals surface area contributed by atoms with Gasteiger partial charge in [0.15, 0.2) is 0 Å². The van der Waals surface area contributed by atoms with Gasteiger partial charge in [0.05, 0.1) is 0 Å². The van der Waals surface area contributed by atoms with Crippen LogP contribution in [0.2, 0.25) is 0 Å². The predicted octanol–water partition coefficient (Wildman–Crippen LogP) is 0.648. The second-order valence-corrected chi connectivity index (χ2v) is 2.64. The van der Waals surface area contributed by atoms with E-state index in [-0.39, 0.29) is 0 Å². The minimum Gasteiger partial charge on any atom is -0.478 e. The van der Waals surface area contributed by atoms with Crippen LogP contribution in [-0.2, 0) is 9.59 Å². The van der Waals surface area contributed by atoms with Gasteiger partial charge in [-0.3, -0.25) is 4.79 Å². The lowest BCUT2D eigenvalue weighted by molar-refractivity contribution is -0.168. The van der Waals surface area contributed by atoms with Crippen LogP contribution in [0.4, 0.5) is 13.2 Å². The summed E-state index contributed by atoms with van der Waals surface area (Å²) in [5.41, 5.74) is -1.30.